The van der Waals surface area contributed by atoms with Crippen LogP contribution in [0, 0.1) is 11.8 Å². The summed E-state index contributed by atoms with van der Waals surface area (Å²) in [4.78, 5) is 21.4. The lowest BCUT2D eigenvalue weighted by atomic mass is 9.78. The predicted molar refractivity (Wildman–Crippen MR) is 111 cm³/mol. The van der Waals surface area contributed by atoms with Crippen LogP contribution in [0.1, 0.15) is 41.9 Å². The molecule has 2 aliphatic heterocycles. The fourth-order valence-electron chi connectivity index (χ4n) is 4.76. The number of amides is 1. The Hall–Kier alpha value is -1.85. The van der Waals surface area contributed by atoms with Gasteiger partial charge in [0.25, 0.3) is 5.91 Å². The summed E-state index contributed by atoms with van der Waals surface area (Å²) in [5.74, 6) is 2.16. The number of benzene rings is 1. The average Bonchev–Trinajstić information content (AvgIpc) is 3.14. The lowest BCUT2D eigenvalue weighted by Gasteiger charge is -2.40. The number of hydrogen-bond donors (Lipinski definition) is 0. The van der Waals surface area contributed by atoms with Crippen molar-refractivity contribution in [1.29, 1.82) is 0 Å². The molecule has 5 nitrogen and oxygen atoms in total. The molecule has 0 N–H and O–H groups in total. The van der Waals surface area contributed by atoms with Gasteiger partial charge in [-0.3, -0.25) is 9.69 Å². The van der Waals surface area contributed by atoms with E-state index in [2.05, 4.69) is 22.0 Å². The minimum Gasteiger partial charge on any atom is -0.336 e. The van der Waals surface area contributed by atoms with Gasteiger partial charge in [0.1, 0.15) is 0 Å². The number of imidazole rings is 1. The second-order valence-electron chi connectivity index (χ2n) is 8.23. The third kappa shape index (κ3) is 4.41. The summed E-state index contributed by atoms with van der Waals surface area (Å²) in [5, 5.41) is 0.819. The van der Waals surface area contributed by atoms with Crippen molar-refractivity contribution in [2.75, 3.05) is 26.2 Å². The number of aryl methyl sites for hydroxylation is 1. The molecule has 2 aromatic rings. The maximum absolute atomic E-state index is 12.6. The first-order chi connectivity index (χ1) is 13.6. The van der Waals surface area contributed by atoms with Crippen LogP contribution in [0.5, 0.6) is 0 Å². The second kappa shape index (κ2) is 8.66. The van der Waals surface area contributed by atoms with Gasteiger partial charge >= 0.3 is 0 Å². The standard InChI is InChI=1S/C22H29ClN4O/c1-25-14-9-24-21(25)22(28)27-12-7-19(8-13-27)18-5-10-26(11-6-18)16-17-3-2-4-20(23)15-17/h2-4,9,14-15,18-19H,5-8,10-13,16H2,1H3. The highest BCUT2D eigenvalue weighted by molar-refractivity contribution is 6.30. The van der Waals surface area contributed by atoms with Gasteiger partial charge in [-0.25, -0.2) is 4.98 Å². The molecular formula is C22H29ClN4O. The van der Waals surface area contributed by atoms with Crippen molar-refractivity contribution in [1.82, 2.24) is 19.4 Å². The molecule has 2 saturated heterocycles. The summed E-state index contributed by atoms with van der Waals surface area (Å²) >= 11 is 6.11. The summed E-state index contributed by atoms with van der Waals surface area (Å²) in [6.45, 7) is 5.02. The minimum atomic E-state index is 0.0716. The van der Waals surface area contributed by atoms with Gasteiger partial charge in [0, 0.05) is 44.1 Å². The highest BCUT2D eigenvalue weighted by atomic mass is 35.5. The molecule has 0 atom stereocenters. The van der Waals surface area contributed by atoms with Gasteiger partial charge in [-0.1, -0.05) is 23.7 Å². The largest absolute Gasteiger partial charge is 0.336 e. The van der Waals surface area contributed by atoms with Gasteiger partial charge in [-0.15, -0.1) is 0 Å². The van der Waals surface area contributed by atoms with E-state index in [4.69, 9.17) is 11.6 Å². The van der Waals surface area contributed by atoms with E-state index in [1.165, 1.54) is 18.4 Å². The van der Waals surface area contributed by atoms with E-state index in [0.717, 1.165) is 62.4 Å². The molecule has 0 bridgehead atoms. The summed E-state index contributed by atoms with van der Waals surface area (Å²) in [6.07, 6.45) is 8.29. The van der Waals surface area contributed by atoms with Gasteiger partial charge in [-0.2, -0.15) is 0 Å². The van der Waals surface area contributed by atoms with E-state index >= 15 is 0 Å². The van der Waals surface area contributed by atoms with E-state index in [1.54, 1.807) is 6.20 Å². The van der Waals surface area contributed by atoms with E-state index in [9.17, 15) is 4.79 Å². The maximum Gasteiger partial charge on any atom is 0.289 e. The molecule has 0 saturated carbocycles. The van der Waals surface area contributed by atoms with Crippen molar-refractivity contribution < 1.29 is 4.79 Å². The number of halogens is 1. The summed E-state index contributed by atoms with van der Waals surface area (Å²) < 4.78 is 1.81. The first-order valence-corrected chi connectivity index (χ1v) is 10.7. The topological polar surface area (TPSA) is 41.4 Å². The smallest absolute Gasteiger partial charge is 0.289 e. The van der Waals surface area contributed by atoms with E-state index in [1.807, 2.05) is 34.8 Å². The molecule has 2 aliphatic rings. The molecule has 28 heavy (non-hydrogen) atoms. The monoisotopic (exact) mass is 400 g/mol. The molecule has 1 aromatic heterocycles. The Morgan fingerprint density at radius 3 is 2.39 bits per heavy atom. The first-order valence-electron chi connectivity index (χ1n) is 10.3. The molecule has 150 valence electrons. The first kappa shape index (κ1) is 19.5. The van der Waals surface area contributed by atoms with E-state index in [0.29, 0.717) is 5.82 Å². The van der Waals surface area contributed by atoms with Crippen molar-refractivity contribution in [3.05, 3.63) is 53.1 Å². The quantitative estimate of drug-likeness (QED) is 0.783. The Kier molecular flexibility index (Phi) is 6.02. The second-order valence-corrected chi connectivity index (χ2v) is 8.67. The summed E-state index contributed by atoms with van der Waals surface area (Å²) in [5.41, 5.74) is 1.30. The van der Waals surface area contributed by atoms with Crippen LogP contribution in [0.15, 0.2) is 36.7 Å². The van der Waals surface area contributed by atoms with Crippen LogP contribution in [0.25, 0.3) is 0 Å². The molecular weight excluding hydrogens is 372 g/mol. The Bertz CT molecular complexity index is 804. The van der Waals surface area contributed by atoms with Crippen molar-refractivity contribution in [3.63, 3.8) is 0 Å². The average molecular weight is 401 g/mol. The number of aromatic nitrogens is 2. The number of carbonyl (C=O) groups excluding carboxylic acids is 1. The number of likely N-dealkylation sites (tertiary alicyclic amines) is 2. The van der Waals surface area contributed by atoms with Crippen LogP contribution in [0.2, 0.25) is 5.02 Å². The number of nitrogens with zero attached hydrogens (tertiary/aromatic N) is 4. The zero-order valence-corrected chi connectivity index (χ0v) is 17.3. The number of carbonyl (C=O) groups is 1. The lowest BCUT2D eigenvalue weighted by molar-refractivity contribution is 0.0585. The predicted octanol–water partition coefficient (Wildman–Crippen LogP) is 3.84. The normalized spacial score (nSPS) is 19.9. The van der Waals surface area contributed by atoms with Crippen LogP contribution in [-0.2, 0) is 13.6 Å². The fraction of sp³-hybridized carbons (Fsp3) is 0.545. The molecule has 0 spiro atoms. The fourth-order valence-corrected chi connectivity index (χ4v) is 4.98. The molecule has 0 unspecified atom stereocenters. The molecule has 3 heterocycles. The van der Waals surface area contributed by atoms with Crippen molar-refractivity contribution in [2.45, 2.75) is 32.2 Å². The summed E-state index contributed by atoms with van der Waals surface area (Å²) in [6, 6.07) is 8.20. The van der Waals surface area contributed by atoms with Crippen molar-refractivity contribution >= 4 is 17.5 Å². The van der Waals surface area contributed by atoms with Gasteiger partial charge in [0.15, 0.2) is 5.82 Å². The SMILES string of the molecule is Cn1ccnc1C(=O)N1CCC(C2CCN(Cc3cccc(Cl)c3)CC2)CC1. The highest BCUT2D eigenvalue weighted by Crippen LogP contribution is 2.33. The van der Waals surface area contributed by atoms with Crippen LogP contribution in [0.4, 0.5) is 0 Å². The van der Waals surface area contributed by atoms with Crippen molar-refractivity contribution in [3.8, 4) is 0 Å². The van der Waals surface area contributed by atoms with Crippen molar-refractivity contribution in [2.24, 2.45) is 18.9 Å². The van der Waals surface area contributed by atoms with Gasteiger partial charge < -0.3 is 9.47 Å². The van der Waals surface area contributed by atoms with Gasteiger partial charge in [0.2, 0.25) is 0 Å². The third-order valence-corrected chi connectivity index (χ3v) is 6.67. The number of rotatable bonds is 4. The molecule has 1 amide bonds. The van der Waals surface area contributed by atoms with Gasteiger partial charge in [0.05, 0.1) is 0 Å². The molecule has 6 heteroatoms. The Balaban J connectivity index is 1.24. The Morgan fingerprint density at radius 1 is 1.11 bits per heavy atom. The molecule has 1 aromatic carbocycles. The molecule has 0 aliphatic carbocycles. The number of piperidine rings is 2. The van der Waals surface area contributed by atoms with E-state index in [-0.39, 0.29) is 5.91 Å². The zero-order chi connectivity index (χ0) is 19.5. The van der Waals surface area contributed by atoms with Crippen LogP contribution in [0.3, 0.4) is 0 Å². The summed E-state index contributed by atoms with van der Waals surface area (Å²) in [7, 11) is 1.88. The third-order valence-electron chi connectivity index (χ3n) is 6.43. The Morgan fingerprint density at radius 2 is 1.79 bits per heavy atom. The van der Waals surface area contributed by atoms with Crippen LogP contribution < -0.4 is 0 Å². The van der Waals surface area contributed by atoms with Crippen LogP contribution in [-0.4, -0.2) is 51.4 Å². The number of hydrogen-bond acceptors (Lipinski definition) is 3. The lowest BCUT2D eigenvalue weighted by Crippen LogP contribution is -2.43. The molecule has 2 fully saturated rings. The van der Waals surface area contributed by atoms with Crippen LogP contribution >= 0.6 is 11.6 Å². The van der Waals surface area contributed by atoms with E-state index < -0.39 is 0 Å². The highest BCUT2D eigenvalue weighted by Gasteiger charge is 2.31. The van der Waals surface area contributed by atoms with Gasteiger partial charge in [-0.05, 0) is 68.3 Å². The minimum absolute atomic E-state index is 0.0716. The zero-order valence-electron chi connectivity index (χ0n) is 16.6. The molecule has 0 radical (unpaired) electrons. The maximum atomic E-state index is 12.6. The Labute approximate surface area is 172 Å². The molecule has 4 rings (SSSR count).